The molecule has 0 radical (unpaired) electrons. The summed E-state index contributed by atoms with van der Waals surface area (Å²) in [4.78, 5) is 11.5. The molecule has 2 aromatic carbocycles. The van der Waals surface area contributed by atoms with Crippen LogP contribution in [0.5, 0.6) is 0 Å². The van der Waals surface area contributed by atoms with Crippen LogP contribution in [-0.4, -0.2) is 12.6 Å². The number of amides is 1. The lowest BCUT2D eigenvalue weighted by molar-refractivity contribution is 0.140. The highest BCUT2D eigenvalue weighted by Crippen LogP contribution is 2.18. The molecule has 6 heteroatoms. The summed E-state index contributed by atoms with van der Waals surface area (Å²) in [6, 6.07) is 11.3. The third kappa shape index (κ3) is 5.39. The van der Waals surface area contributed by atoms with Gasteiger partial charge in [0.2, 0.25) is 0 Å². The summed E-state index contributed by atoms with van der Waals surface area (Å²) in [5.41, 5.74) is 7.05. The predicted octanol–water partition coefficient (Wildman–Crippen LogP) is 3.88. The van der Waals surface area contributed by atoms with E-state index in [9.17, 15) is 13.6 Å². The van der Waals surface area contributed by atoms with Gasteiger partial charge in [0.15, 0.2) is 11.6 Å². The Morgan fingerprint density at radius 3 is 2.62 bits per heavy atom. The minimum atomic E-state index is -0.979. The van der Waals surface area contributed by atoms with Crippen LogP contribution in [0, 0.1) is 11.6 Å². The zero-order chi connectivity index (χ0) is 17.4. The fourth-order valence-corrected chi connectivity index (χ4v) is 1.96. The van der Waals surface area contributed by atoms with Crippen molar-refractivity contribution < 1.29 is 18.3 Å². The number of carbonyl (C=O) groups is 1. The molecule has 0 saturated carbocycles. The predicted molar refractivity (Wildman–Crippen MR) is 89.1 cm³/mol. The molecule has 0 aliphatic rings. The largest absolute Gasteiger partial charge is 0.445 e. The molecule has 4 nitrogen and oxygen atoms in total. The summed E-state index contributed by atoms with van der Waals surface area (Å²) in [6.07, 6.45) is 3.27. The highest BCUT2D eigenvalue weighted by atomic mass is 19.2. The van der Waals surface area contributed by atoms with Crippen LogP contribution in [0.3, 0.4) is 0 Å². The van der Waals surface area contributed by atoms with E-state index < -0.39 is 17.7 Å². The topological polar surface area (TPSA) is 64.3 Å². The molecule has 0 unspecified atom stereocenters. The molecule has 1 amide bonds. The number of nitrogens with two attached hydrogens (primary N) is 1. The second-order valence-corrected chi connectivity index (χ2v) is 5.07. The van der Waals surface area contributed by atoms with Crippen molar-refractivity contribution >= 4 is 17.9 Å². The van der Waals surface area contributed by atoms with E-state index in [0.29, 0.717) is 18.5 Å². The van der Waals surface area contributed by atoms with Gasteiger partial charge in [-0.05, 0) is 18.1 Å². The number of rotatable bonds is 6. The first-order valence-electron chi connectivity index (χ1n) is 7.42. The Labute approximate surface area is 138 Å². The molecule has 0 saturated heterocycles. The fraction of sp³-hybridized carbons (Fsp3) is 0.167. The van der Waals surface area contributed by atoms with E-state index in [1.165, 1.54) is 0 Å². The molecule has 0 aliphatic carbocycles. The van der Waals surface area contributed by atoms with Gasteiger partial charge in [-0.25, -0.2) is 13.6 Å². The molecular formula is C18H18F2N2O2. The first-order chi connectivity index (χ1) is 11.6. The Balaban J connectivity index is 1.70. The van der Waals surface area contributed by atoms with Gasteiger partial charge in [0.25, 0.3) is 0 Å². The number of nitrogen functional groups attached to an aromatic ring is 1. The van der Waals surface area contributed by atoms with Gasteiger partial charge < -0.3 is 15.8 Å². The molecular weight excluding hydrogens is 314 g/mol. The number of carbonyl (C=O) groups excluding carboxylic acids is 1. The van der Waals surface area contributed by atoms with Crippen molar-refractivity contribution in [1.82, 2.24) is 5.32 Å². The van der Waals surface area contributed by atoms with Crippen LogP contribution in [0.15, 0.2) is 48.5 Å². The van der Waals surface area contributed by atoms with Crippen molar-refractivity contribution in [2.24, 2.45) is 0 Å². The standard InChI is InChI=1S/C18H18F2N2O2/c19-15-10-14(17(21)11-16(15)20)8-4-5-9-22-18(23)24-12-13-6-2-1-3-7-13/h1-4,6-8,10-11H,5,9,12,21H2,(H,22,23). The van der Waals surface area contributed by atoms with Crippen molar-refractivity contribution in [3.8, 4) is 0 Å². The van der Waals surface area contributed by atoms with E-state index in [2.05, 4.69) is 5.32 Å². The zero-order valence-corrected chi connectivity index (χ0v) is 13.0. The van der Waals surface area contributed by atoms with Crippen molar-refractivity contribution in [2.45, 2.75) is 13.0 Å². The average molecular weight is 332 g/mol. The van der Waals surface area contributed by atoms with Crippen molar-refractivity contribution in [3.05, 3.63) is 71.3 Å². The molecule has 0 fully saturated rings. The number of alkyl carbamates (subject to hydrolysis) is 1. The summed E-state index contributed by atoms with van der Waals surface area (Å²) in [5, 5.41) is 2.60. The quantitative estimate of drug-likeness (QED) is 0.623. The van der Waals surface area contributed by atoms with Gasteiger partial charge in [-0.2, -0.15) is 0 Å². The Hall–Kier alpha value is -2.89. The summed E-state index contributed by atoms with van der Waals surface area (Å²) in [6.45, 7) is 0.557. The monoisotopic (exact) mass is 332 g/mol. The number of benzene rings is 2. The minimum absolute atomic E-state index is 0.153. The third-order valence-electron chi connectivity index (χ3n) is 3.22. The molecule has 0 bridgehead atoms. The van der Waals surface area contributed by atoms with E-state index >= 15 is 0 Å². The first-order valence-corrected chi connectivity index (χ1v) is 7.42. The molecule has 0 heterocycles. The number of halogens is 2. The van der Waals surface area contributed by atoms with Crippen molar-refractivity contribution in [1.29, 1.82) is 0 Å². The SMILES string of the molecule is Nc1cc(F)c(F)cc1C=CCCNC(=O)OCc1ccccc1. The summed E-state index contributed by atoms with van der Waals surface area (Å²) >= 11 is 0. The lowest BCUT2D eigenvalue weighted by Gasteiger charge is -2.06. The molecule has 3 N–H and O–H groups in total. The second-order valence-electron chi connectivity index (χ2n) is 5.07. The van der Waals surface area contributed by atoms with Crippen LogP contribution in [-0.2, 0) is 11.3 Å². The van der Waals surface area contributed by atoms with Gasteiger partial charge in [-0.1, -0.05) is 42.5 Å². The van der Waals surface area contributed by atoms with Gasteiger partial charge in [0.1, 0.15) is 6.61 Å². The highest BCUT2D eigenvalue weighted by Gasteiger charge is 2.05. The molecule has 0 aromatic heterocycles. The normalized spacial score (nSPS) is 10.8. The average Bonchev–Trinajstić information content (AvgIpc) is 2.58. The number of nitrogens with one attached hydrogen (secondary N) is 1. The van der Waals surface area contributed by atoms with E-state index in [0.717, 1.165) is 17.7 Å². The number of ether oxygens (including phenoxy) is 1. The number of anilines is 1. The Kier molecular flexibility index (Phi) is 6.31. The Morgan fingerprint density at radius 2 is 1.88 bits per heavy atom. The van der Waals surface area contributed by atoms with E-state index in [4.69, 9.17) is 10.5 Å². The van der Waals surface area contributed by atoms with E-state index in [-0.39, 0.29) is 12.3 Å². The molecule has 24 heavy (non-hydrogen) atoms. The van der Waals surface area contributed by atoms with Gasteiger partial charge in [0, 0.05) is 23.9 Å². The van der Waals surface area contributed by atoms with Crippen LogP contribution in [0.2, 0.25) is 0 Å². The van der Waals surface area contributed by atoms with Gasteiger partial charge in [-0.15, -0.1) is 0 Å². The number of hydrogen-bond donors (Lipinski definition) is 2. The Bertz CT molecular complexity index is 718. The Morgan fingerprint density at radius 1 is 1.17 bits per heavy atom. The fourth-order valence-electron chi connectivity index (χ4n) is 1.96. The molecule has 126 valence electrons. The maximum Gasteiger partial charge on any atom is 0.407 e. The second kappa shape index (κ2) is 8.67. The van der Waals surface area contributed by atoms with Crippen LogP contribution < -0.4 is 11.1 Å². The van der Waals surface area contributed by atoms with Crippen molar-refractivity contribution in [3.63, 3.8) is 0 Å². The van der Waals surface area contributed by atoms with Gasteiger partial charge in [-0.3, -0.25) is 0 Å². The van der Waals surface area contributed by atoms with E-state index in [1.54, 1.807) is 12.2 Å². The maximum atomic E-state index is 13.1. The lowest BCUT2D eigenvalue weighted by Crippen LogP contribution is -2.24. The van der Waals surface area contributed by atoms with Crippen molar-refractivity contribution in [2.75, 3.05) is 12.3 Å². The first kappa shape index (κ1) is 17.5. The smallest absolute Gasteiger partial charge is 0.407 e. The summed E-state index contributed by atoms with van der Waals surface area (Å²) < 4.78 is 31.1. The number of hydrogen-bond acceptors (Lipinski definition) is 3. The summed E-state index contributed by atoms with van der Waals surface area (Å²) in [5.74, 6) is -1.93. The molecule has 2 rings (SSSR count). The van der Waals surface area contributed by atoms with Crippen LogP contribution in [0.25, 0.3) is 6.08 Å². The van der Waals surface area contributed by atoms with Crippen LogP contribution in [0.4, 0.5) is 19.3 Å². The lowest BCUT2D eigenvalue weighted by atomic mass is 10.1. The molecule has 0 aliphatic heterocycles. The maximum absolute atomic E-state index is 13.1. The van der Waals surface area contributed by atoms with E-state index in [1.807, 2.05) is 30.3 Å². The molecule has 0 spiro atoms. The van der Waals surface area contributed by atoms with Crippen LogP contribution >= 0.6 is 0 Å². The third-order valence-corrected chi connectivity index (χ3v) is 3.22. The molecule has 2 aromatic rings. The minimum Gasteiger partial charge on any atom is -0.445 e. The molecule has 0 atom stereocenters. The highest BCUT2D eigenvalue weighted by molar-refractivity contribution is 5.67. The van der Waals surface area contributed by atoms with Gasteiger partial charge in [0.05, 0.1) is 0 Å². The zero-order valence-electron chi connectivity index (χ0n) is 13.0. The summed E-state index contributed by atoms with van der Waals surface area (Å²) in [7, 11) is 0. The van der Waals surface area contributed by atoms with Gasteiger partial charge >= 0.3 is 6.09 Å². The van der Waals surface area contributed by atoms with Crippen LogP contribution in [0.1, 0.15) is 17.5 Å².